The molecule has 1 aliphatic carbocycles. The Morgan fingerprint density at radius 1 is 1.46 bits per heavy atom. The smallest absolute Gasteiger partial charge is 0.131 e. The van der Waals surface area contributed by atoms with Crippen LogP contribution in [0.5, 0.6) is 0 Å². The minimum absolute atomic E-state index is 0.657. The normalized spacial score (nSPS) is 29.5. The molecule has 2 heterocycles. The van der Waals surface area contributed by atoms with Crippen molar-refractivity contribution in [3.8, 4) is 0 Å². The molecule has 0 aromatic heterocycles. The first-order valence-electron chi connectivity index (χ1n) is 4.72. The maximum atomic E-state index is 5.42. The zero-order valence-electron chi connectivity index (χ0n) is 7.36. The molecule has 0 fully saturated rings. The summed E-state index contributed by atoms with van der Waals surface area (Å²) in [5, 5.41) is 0. The van der Waals surface area contributed by atoms with E-state index in [-0.39, 0.29) is 0 Å². The minimum Gasteiger partial charge on any atom is -0.465 e. The zero-order chi connectivity index (χ0) is 8.67. The van der Waals surface area contributed by atoms with E-state index in [2.05, 4.69) is 17.1 Å². The summed E-state index contributed by atoms with van der Waals surface area (Å²) < 4.78 is 5.42. The van der Waals surface area contributed by atoms with Crippen molar-refractivity contribution in [2.45, 2.75) is 12.8 Å². The Bertz CT molecular complexity index is 360. The Kier molecular flexibility index (Phi) is 1.42. The molecule has 2 nitrogen and oxygen atoms in total. The van der Waals surface area contributed by atoms with E-state index in [0.29, 0.717) is 5.92 Å². The fourth-order valence-electron chi connectivity index (χ4n) is 2.12. The molecule has 13 heavy (non-hydrogen) atoms. The first kappa shape index (κ1) is 7.13. The fraction of sp³-hybridized carbons (Fsp3) is 0.364. The van der Waals surface area contributed by atoms with Gasteiger partial charge in [-0.3, -0.25) is 4.99 Å². The molecule has 0 aromatic carbocycles. The number of aliphatic imine (C=N–C) groups is 1. The molecule has 0 saturated heterocycles. The lowest BCUT2D eigenvalue weighted by Gasteiger charge is -2.22. The topological polar surface area (TPSA) is 21.6 Å². The molecule has 3 aliphatic rings. The standard InChI is InChI=1S/C11H11NO/c1-2-9-6-8-3-4-12-10(8)7-11(9)13-5-1/h1-2,5,7-8H,3-4,6H2. The van der Waals surface area contributed by atoms with Gasteiger partial charge in [0, 0.05) is 24.3 Å². The molecule has 66 valence electrons. The summed E-state index contributed by atoms with van der Waals surface area (Å²) in [6.07, 6.45) is 10.2. The predicted molar refractivity (Wildman–Crippen MR) is 51.4 cm³/mol. The number of hydrogen-bond donors (Lipinski definition) is 0. The molecule has 0 N–H and O–H groups in total. The van der Waals surface area contributed by atoms with Gasteiger partial charge in [0.25, 0.3) is 0 Å². The molecule has 0 amide bonds. The van der Waals surface area contributed by atoms with E-state index in [4.69, 9.17) is 4.74 Å². The SMILES string of the molecule is C1=COC2=CC3=NCCC3CC2=C1. The Hall–Kier alpha value is -1.31. The maximum absolute atomic E-state index is 5.42. The van der Waals surface area contributed by atoms with Crippen molar-refractivity contribution >= 4 is 5.71 Å². The molecule has 0 radical (unpaired) electrons. The Morgan fingerprint density at radius 3 is 3.46 bits per heavy atom. The van der Waals surface area contributed by atoms with E-state index in [1.165, 1.54) is 17.7 Å². The second kappa shape index (κ2) is 2.59. The lowest BCUT2D eigenvalue weighted by molar-refractivity contribution is 0.348. The quantitative estimate of drug-likeness (QED) is 0.550. The summed E-state index contributed by atoms with van der Waals surface area (Å²) >= 11 is 0. The van der Waals surface area contributed by atoms with Gasteiger partial charge < -0.3 is 4.74 Å². The average molecular weight is 173 g/mol. The van der Waals surface area contributed by atoms with E-state index in [0.717, 1.165) is 18.7 Å². The van der Waals surface area contributed by atoms with Crippen LogP contribution in [0.2, 0.25) is 0 Å². The van der Waals surface area contributed by atoms with Crippen LogP contribution in [0.25, 0.3) is 0 Å². The molecule has 2 heteroatoms. The summed E-state index contributed by atoms with van der Waals surface area (Å²) in [5.74, 6) is 1.66. The van der Waals surface area contributed by atoms with Crippen molar-refractivity contribution in [3.05, 3.63) is 35.8 Å². The number of rotatable bonds is 0. The van der Waals surface area contributed by atoms with Gasteiger partial charge >= 0.3 is 0 Å². The number of nitrogens with zero attached hydrogens (tertiary/aromatic N) is 1. The Morgan fingerprint density at radius 2 is 2.46 bits per heavy atom. The lowest BCUT2D eigenvalue weighted by atomic mass is 9.87. The molecule has 0 aromatic rings. The molecule has 1 unspecified atom stereocenters. The molecule has 1 atom stereocenters. The van der Waals surface area contributed by atoms with Gasteiger partial charge in [0.1, 0.15) is 5.76 Å². The predicted octanol–water partition coefficient (Wildman–Crippen LogP) is 2.21. The van der Waals surface area contributed by atoms with Gasteiger partial charge in [0.05, 0.1) is 6.26 Å². The van der Waals surface area contributed by atoms with Crippen LogP contribution in [-0.2, 0) is 4.74 Å². The summed E-state index contributed by atoms with van der Waals surface area (Å²) in [5.41, 5.74) is 2.57. The van der Waals surface area contributed by atoms with Crippen LogP contribution in [0.3, 0.4) is 0 Å². The number of hydrogen-bond acceptors (Lipinski definition) is 2. The van der Waals surface area contributed by atoms with Crippen molar-refractivity contribution in [3.63, 3.8) is 0 Å². The molecule has 2 aliphatic heterocycles. The zero-order valence-corrected chi connectivity index (χ0v) is 7.36. The van der Waals surface area contributed by atoms with E-state index in [9.17, 15) is 0 Å². The summed E-state index contributed by atoms with van der Waals surface area (Å²) in [7, 11) is 0. The first-order valence-corrected chi connectivity index (χ1v) is 4.72. The van der Waals surface area contributed by atoms with Gasteiger partial charge in [-0.05, 0) is 24.5 Å². The minimum atomic E-state index is 0.657. The molecule has 0 bridgehead atoms. The van der Waals surface area contributed by atoms with E-state index >= 15 is 0 Å². The van der Waals surface area contributed by atoms with Crippen molar-refractivity contribution in [2.24, 2.45) is 10.9 Å². The molecule has 0 saturated carbocycles. The molecular formula is C11H11NO. The van der Waals surface area contributed by atoms with Crippen molar-refractivity contribution < 1.29 is 4.74 Å². The summed E-state index contributed by atoms with van der Waals surface area (Å²) in [4.78, 5) is 4.46. The third-order valence-corrected chi connectivity index (χ3v) is 2.82. The number of allylic oxidation sites excluding steroid dienone is 4. The number of ether oxygens (including phenoxy) is 1. The molecular weight excluding hydrogens is 162 g/mol. The van der Waals surface area contributed by atoms with Crippen LogP contribution in [-0.4, -0.2) is 12.3 Å². The van der Waals surface area contributed by atoms with E-state index in [1.54, 1.807) is 6.26 Å². The maximum Gasteiger partial charge on any atom is 0.131 e. The van der Waals surface area contributed by atoms with Crippen LogP contribution in [0.1, 0.15) is 12.8 Å². The highest BCUT2D eigenvalue weighted by molar-refractivity contribution is 6.00. The summed E-state index contributed by atoms with van der Waals surface area (Å²) in [6, 6.07) is 0. The van der Waals surface area contributed by atoms with Gasteiger partial charge in [0.2, 0.25) is 0 Å². The second-order valence-electron chi connectivity index (χ2n) is 3.64. The van der Waals surface area contributed by atoms with Crippen LogP contribution < -0.4 is 0 Å². The van der Waals surface area contributed by atoms with E-state index in [1.807, 2.05) is 6.08 Å². The van der Waals surface area contributed by atoms with Gasteiger partial charge in [-0.1, -0.05) is 6.08 Å². The largest absolute Gasteiger partial charge is 0.465 e. The van der Waals surface area contributed by atoms with Crippen molar-refractivity contribution in [2.75, 3.05) is 6.54 Å². The Labute approximate surface area is 77.3 Å². The highest BCUT2D eigenvalue weighted by atomic mass is 16.5. The van der Waals surface area contributed by atoms with Crippen LogP contribution in [0.15, 0.2) is 40.8 Å². The fourth-order valence-corrected chi connectivity index (χ4v) is 2.12. The Balaban J connectivity index is 2.03. The third-order valence-electron chi connectivity index (χ3n) is 2.82. The monoisotopic (exact) mass is 173 g/mol. The molecule has 3 rings (SSSR count). The third kappa shape index (κ3) is 1.05. The second-order valence-corrected chi connectivity index (χ2v) is 3.64. The summed E-state index contributed by atoms with van der Waals surface area (Å²) in [6.45, 7) is 0.991. The van der Waals surface area contributed by atoms with Crippen molar-refractivity contribution in [1.82, 2.24) is 0 Å². The van der Waals surface area contributed by atoms with E-state index < -0.39 is 0 Å². The van der Waals surface area contributed by atoms with Crippen LogP contribution in [0, 0.1) is 5.92 Å². The lowest BCUT2D eigenvalue weighted by Crippen LogP contribution is -2.17. The van der Waals surface area contributed by atoms with Crippen molar-refractivity contribution in [1.29, 1.82) is 0 Å². The van der Waals surface area contributed by atoms with Crippen LogP contribution >= 0.6 is 0 Å². The molecule has 0 spiro atoms. The number of fused-ring (bicyclic) bond motifs is 2. The highest BCUT2D eigenvalue weighted by Gasteiger charge is 2.28. The van der Waals surface area contributed by atoms with Gasteiger partial charge in [0.15, 0.2) is 0 Å². The highest BCUT2D eigenvalue weighted by Crippen LogP contribution is 2.34. The van der Waals surface area contributed by atoms with Crippen LogP contribution in [0.4, 0.5) is 0 Å². The first-order chi connectivity index (χ1) is 6.43. The van der Waals surface area contributed by atoms with Gasteiger partial charge in [-0.2, -0.15) is 0 Å². The van der Waals surface area contributed by atoms with Gasteiger partial charge in [-0.15, -0.1) is 0 Å². The average Bonchev–Trinajstić information content (AvgIpc) is 2.61. The van der Waals surface area contributed by atoms with Gasteiger partial charge in [-0.25, -0.2) is 0 Å².